The minimum Gasteiger partial charge on any atom is -0.457 e. The summed E-state index contributed by atoms with van der Waals surface area (Å²) in [5.74, 6) is 0.781. The second-order valence-electron chi connectivity index (χ2n) is 6.19. The van der Waals surface area contributed by atoms with Crippen molar-refractivity contribution in [1.29, 1.82) is 0 Å². The Morgan fingerprint density at radius 3 is 2.69 bits per heavy atom. The van der Waals surface area contributed by atoms with Crippen LogP contribution in [0.25, 0.3) is 11.1 Å². The van der Waals surface area contributed by atoms with Gasteiger partial charge in [-0.15, -0.1) is 0 Å². The van der Waals surface area contributed by atoms with Gasteiger partial charge in [0.15, 0.2) is 5.58 Å². The molecular formula is C21H17ClN4O3. The highest BCUT2D eigenvalue weighted by Crippen LogP contribution is 2.27. The van der Waals surface area contributed by atoms with Crippen LogP contribution in [0.3, 0.4) is 0 Å². The highest BCUT2D eigenvalue weighted by molar-refractivity contribution is 6.30. The SMILES string of the molecule is CNC(=O)c1cc(Oc2ccc3nc(NCc4ccc(Cl)cc4)oc3c2)ccn1. The molecule has 0 bridgehead atoms. The number of rotatable bonds is 6. The Labute approximate surface area is 171 Å². The van der Waals surface area contributed by atoms with Crippen LogP contribution in [-0.4, -0.2) is 22.9 Å². The van der Waals surface area contributed by atoms with Crippen molar-refractivity contribution in [2.24, 2.45) is 0 Å². The van der Waals surface area contributed by atoms with Crippen molar-refractivity contribution in [2.75, 3.05) is 12.4 Å². The molecule has 0 aliphatic rings. The van der Waals surface area contributed by atoms with Gasteiger partial charge in [0.05, 0.1) is 0 Å². The zero-order valence-electron chi connectivity index (χ0n) is 15.5. The van der Waals surface area contributed by atoms with Gasteiger partial charge in [-0.1, -0.05) is 23.7 Å². The Hall–Kier alpha value is -3.58. The normalized spacial score (nSPS) is 10.7. The molecule has 0 saturated heterocycles. The molecular weight excluding hydrogens is 392 g/mol. The standard InChI is InChI=1S/C21H17ClN4O3/c1-23-20(27)18-10-16(8-9-24-18)28-15-6-7-17-19(11-15)29-21(26-17)25-12-13-2-4-14(22)5-3-13/h2-11H,12H2,1H3,(H,23,27)(H,25,26). The number of anilines is 1. The number of aromatic nitrogens is 2. The number of carbonyl (C=O) groups excluding carboxylic acids is 1. The second kappa shape index (κ2) is 8.20. The van der Waals surface area contributed by atoms with Crippen LogP contribution < -0.4 is 15.4 Å². The molecule has 146 valence electrons. The fourth-order valence-electron chi connectivity index (χ4n) is 2.69. The summed E-state index contributed by atoms with van der Waals surface area (Å²) in [6.07, 6.45) is 1.52. The molecule has 2 N–H and O–H groups in total. The Kier molecular flexibility index (Phi) is 5.31. The van der Waals surface area contributed by atoms with E-state index in [1.54, 1.807) is 31.3 Å². The van der Waals surface area contributed by atoms with E-state index in [4.69, 9.17) is 20.8 Å². The predicted octanol–water partition coefficient (Wildman–Crippen LogP) is 4.64. The molecule has 0 radical (unpaired) electrons. The maximum Gasteiger partial charge on any atom is 0.295 e. The number of benzene rings is 2. The van der Waals surface area contributed by atoms with Gasteiger partial charge < -0.3 is 19.8 Å². The van der Waals surface area contributed by atoms with Crippen molar-refractivity contribution in [3.63, 3.8) is 0 Å². The average Bonchev–Trinajstić information content (AvgIpc) is 3.15. The topological polar surface area (TPSA) is 89.3 Å². The van der Waals surface area contributed by atoms with Crippen LogP contribution in [0.1, 0.15) is 16.1 Å². The fourth-order valence-corrected chi connectivity index (χ4v) is 2.81. The fraction of sp³-hybridized carbons (Fsp3) is 0.0952. The Balaban J connectivity index is 1.48. The Morgan fingerprint density at radius 2 is 1.90 bits per heavy atom. The van der Waals surface area contributed by atoms with Crippen LogP contribution in [0.2, 0.25) is 5.02 Å². The van der Waals surface area contributed by atoms with E-state index in [0.717, 1.165) is 5.56 Å². The highest BCUT2D eigenvalue weighted by atomic mass is 35.5. The van der Waals surface area contributed by atoms with E-state index in [1.165, 1.54) is 6.20 Å². The maximum atomic E-state index is 11.7. The van der Waals surface area contributed by atoms with Crippen LogP contribution in [-0.2, 0) is 6.54 Å². The number of nitrogens with one attached hydrogen (secondary N) is 2. The first-order valence-electron chi connectivity index (χ1n) is 8.85. The van der Waals surface area contributed by atoms with E-state index >= 15 is 0 Å². The smallest absolute Gasteiger partial charge is 0.295 e. The molecule has 2 heterocycles. The largest absolute Gasteiger partial charge is 0.457 e. The molecule has 0 aliphatic carbocycles. The molecule has 2 aromatic carbocycles. The molecule has 7 nitrogen and oxygen atoms in total. The van der Waals surface area contributed by atoms with Gasteiger partial charge in [-0.2, -0.15) is 4.98 Å². The van der Waals surface area contributed by atoms with E-state index in [1.807, 2.05) is 30.3 Å². The highest BCUT2D eigenvalue weighted by Gasteiger charge is 2.10. The number of fused-ring (bicyclic) bond motifs is 1. The summed E-state index contributed by atoms with van der Waals surface area (Å²) in [6.45, 7) is 0.562. The van der Waals surface area contributed by atoms with Gasteiger partial charge in [0.1, 0.15) is 22.7 Å². The monoisotopic (exact) mass is 408 g/mol. The summed E-state index contributed by atoms with van der Waals surface area (Å²) in [7, 11) is 1.55. The lowest BCUT2D eigenvalue weighted by Gasteiger charge is -2.06. The maximum absolute atomic E-state index is 11.7. The molecule has 4 aromatic rings. The van der Waals surface area contributed by atoms with Crippen molar-refractivity contribution < 1.29 is 13.9 Å². The molecule has 29 heavy (non-hydrogen) atoms. The van der Waals surface area contributed by atoms with Crippen LogP contribution in [0.15, 0.2) is 65.2 Å². The average molecular weight is 409 g/mol. The summed E-state index contributed by atoms with van der Waals surface area (Å²) >= 11 is 5.90. The summed E-state index contributed by atoms with van der Waals surface area (Å²) in [5.41, 5.74) is 2.63. The number of hydrogen-bond acceptors (Lipinski definition) is 6. The van der Waals surface area contributed by atoms with Crippen molar-refractivity contribution in [2.45, 2.75) is 6.54 Å². The van der Waals surface area contributed by atoms with E-state index in [-0.39, 0.29) is 11.6 Å². The van der Waals surface area contributed by atoms with Crippen molar-refractivity contribution in [3.05, 3.63) is 77.1 Å². The van der Waals surface area contributed by atoms with Crippen molar-refractivity contribution >= 4 is 34.6 Å². The van der Waals surface area contributed by atoms with Gasteiger partial charge >= 0.3 is 0 Å². The molecule has 8 heteroatoms. The number of pyridine rings is 1. The van der Waals surface area contributed by atoms with Gasteiger partial charge in [-0.25, -0.2) is 0 Å². The third-order valence-electron chi connectivity index (χ3n) is 4.14. The molecule has 2 aromatic heterocycles. The van der Waals surface area contributed by atoms with Gasteiger partial charge in [0.25, 0.3) is 11.9 Å². The Morgan fingerprint density at radius 1 is 1.10 bits per heavy atom. The molecule has 0 spiro atoms. The van der Waals surface area contributed by atoms with Crippen LogP contribution in [0, 0.1) is 0 Å². The summed E-state index contributed by atoms with van der Waals surface area (Å²) < 4.78 is 11.6. The minimum absolute atomic E-state index is 0.277. The molecule has 4 rings (SSSR count). The zero-order valence-corrected chi connectivity index (χ0v) is 16.2. The Bertz CT molecular complexity index is 1160. The number of nitrogens with zero attached hydrogens (tertiary/aromatic N) is 2. The second-order valence-corrected chi connectivity index (χ2v) is 6.62. The predicted molar refractivity (Wildman–Crippen MR) is 110 cm³/mol. The molecule has 0 unspecified atom stereocenters. The van der Waals surface area contributed by atoms with E-state index in [0.29, 0.717) is 40.2 Å². The van der Waals surface area contributed by atoms with Crippen LogP contribution in [0.4, 0.5) is 6.01 Å². The van der Waals surface area contributed by atoms with Crippen LogP contribution >= 0.6 is 11.6 Å². The molecule has 0 fully saturated rings. The lowest BCUT2D eigenvalue weighted by Crippen LogP contribution is -2.18. The number of carbonyl (C=O) groups is 1. The van der Waals surface area contributed by atoms with Gasteiger partial charge in [0, 0.05) is 36.9 Å². The molecule has 0 atom stereocenters. The van der Waals surface area contributed by atoms with Gasteiger partial charge in [0.2, 0.25) is 0 Å². The summed E-state index contributed by atoms with van der Waals surface area (Å²) in [4.78, 5) is 20.1. The lowest BCUT2D eigenvalue weighted by molar-refractivity contribution is 0.0958. The van der Waals surface area contributed by atoms with Crippen molar-refractivity contribution in [3.8, 4) is 11.5 Å². The number of amides is 1. The molecule has 0 aliphatic heterocycles. The number of halogens is 1. The lowest BCUT2D eigenvalue weighted by atomic mass is 10.2. The van der Waals surface area contributed by atoms with Gasteiger partial charge in [-0.3, -0.25) is 9.78 Å². The number of hydrogen-bond donors (Lipinski definition) is 2. The zero-order chi connectivity index (χ0) is 20.2. The van der Waals surface area contributed by atoms with E-state index in [9.17, 15) is 4.79 Å². The number of oxazole rings is 1. The summed E-state index contributed by atoms with van der Waals surface area (Å²) in [5, 5.41) is 6.38. The van der Waals surface area contributed by atoms with Crippen LogP contribution in [0.5, 0.6) is 11.5 Å². The first-order valence-corrected chi connectivity index (χ1v) is 9.23. The van der Waals surface area contributed by atoms with E-state index in [2.05, 4.69) is 20.6 Å². The summed E-state index contributed by atoms with van der Waals surface area (Å²) in [6, 6.07) is 16.5. The molecule has 1 amide bonds. The third-order valence-corrected chi connectivity index (χ3v) is 4.40. The van der Waals surface area contributed by atoms with Crippen molar-refractivity contribution in [1.82, 2.24) is 15.3 Å². The number of ether oxygens (including phenoxy) is 1. The van der Waals surface area contributed by atoms with Gasteiger partial charge in [-0.05, 0) is 35.9 Å². The molecule has 0 saturated carbocycles. The quantitative estimate of drug-likeness (QED) is 0.483. The first kappa shape index (κ1) is 18.8. The first-order chi connectivity index (χ1) is 14.1. The minimum atomic E-state index is -0.280. The van der Waals surface area contributed by atoms with E-state index < -0.39 is 0 Å². The third kappa shape index (κ3) is 4.47.